The Balaban J connectivity index is 1.05. The first kappa shape index (κ1) is 33.2. The predicted molar refractivity (Wildman–Crippen MR) is 178 cm³/mol. The molecular weight excluding hydrogens is 580 g/mol. The predicted octanol–water partition coefficient (Wildman–Crippen LogP) is 4.38. The summed E-state index contributed by atoms with van der Waals surface area (Å²) in [6.07, 6.45) is 3.27. The molecule has 0 aromatic heterocycles. The van der Waals surface area contributed by atoms with E-state index in [1.165, 1.54) is 0 Å². The molecule has 2 amide bonds. The maximum atomic E-state index is 13.4. The number of likely N-dealkylation sites (tertiary alicyclic amines) is 2. The highest BCUT2D eigenvalue weighted by atomic mass is 16.5. The number of hydrogen-bond acceptors (Lipinski definition) is 7. The van der Waals surface area contributed by atoms with E-state index in [4.69, 9.17) is 15.2 Å². The normalized spacial score (nSPS) is 16.6. The fourth-order valence-corrected chi connectivity index (χ4v) is 6.45. The van der Waals surface area contributed by atoms with Gasteiger partial charge in [-0.15, -0.1) is 0 Å². The van der Waals surface area contributed by atoms with E-state index in [1.54, 1.807) is 12.0 Å². The van der Waals surface area contributed by atoms with Gasteiger partial charge in [-0.25, -0.2) is 0 Å². The first-order valence-electron chi connectivity index (χ1n) is 16.3. The minimum atomic E-state index is -0.212. The van der Waals surface area contributed by atoms with Crippen molar-refractivity contribution in [2.45, 2.75) is 44.8 Å². The number of nitrogens with zero attached hydrogens (tertiary/aromatic N) is 3. The van der Waals surface area contributed by atoms with Gasteiger partial charge in [0.1, 0.15) is 11.9 Å². The zero-order chi connectivity index (χ0) is 32.5. The molecule has 46 heavy (non-hydrogen) atoms. The van der Waals surface area contributed by atoms with Gasteiger partial charge in [0.25, 0.3) is 5.91 Å². The smallest absolute Gasteiger partial charge is 0.310 e. The number of carbonyl (C=O) groups is 3. The second-order valence-corrected chi connectivity index (χ2v) is 12.4. The van der Waals surface area contributed by atoms with Crippen LogP contribution in [-0.2, 0) is 27.3 Å². The highest BCUT2D eigenvalue weighted by Gasteiger charge is 2.26. The molecule has 9 nitrogen and oxygen atoms in total. The van der Waals surface area contributed by atoms with E-state index in [1.807, 2.05) is 67.7 Å². The molecule has 0 spiro atoms. The lowest BCUT2D eigenvalue weighted by molar-refractivity contribution is -0.150. The van der Waals surface area contributed by atoms with Crippen LogP contribution in [0.1, 0.15) is 47.2 Å². The van der Waals surface area contributed by atoms with Crippen molar-refractivity contribution in [3.05, 3.63) is 89.5 Å². The average molecular weight is 627 g/mol. The molecule has 244 valence electrons. The van der Waals surface area contributed by atoms with Gasteiger partial charge in [-0.3, -0.25) is 19.3 Å². The Morgan fingerprint density at radius 1 is 0.870 bits per heavy atom. The number of ether oxygens (including phenoxy) is 2. The van der Waals surface area contributed by atoms with Crippen LogP contribution in [0.15, 0.2) is 72.8 Å². The van der Waals surface area contributed by atoms with Crippen LogP contribution in [0.2, 0.25) is 0 Å². The lowest BCUT2D eigenvalue weighted by atomic mass is 9.96. The van der Waals surface area contributed by atoms with Gasteiger partial charge in [-0.1, -0.05) is 60.7 Å². The van der Waals surface area contributed by atoms with Crippen molar-refractivity contribution in [1.82, 2.24) is 14.7 Å². The highest BCUT2D eigenvalue weighted by Crippen LogP contribution is 2.26. The molecule has 5 rings (SSSR count). The molecule has 0 unspecified atom stereocenters. The number of benzene rings is 3. The molecule has 2 heterocycles. The zero-order valence-electron chi connectivity index (χ0n) is 27.0. The number of nitrogens with two attached hydrogens (primary N) is 1. The summed E-state index contributed by atoms with van der Waals surface area (Å²) in [4.78, 5) is 44.1. The molecule has 0 aliphatic carbocycles. The van der Waals surface area contributed by atoms with Gasteiger partial charge in [-0.05, 0) is 73.2 Å². The molecule has 2 aliphatic rings. The number of likely N-dealkylation sites (N-methyl/N-ethyl adjacent to an activating group) is 1. The molecule has 0 bridgehead atoms. The molecule has 2 N–H and O–H groups in total. The number of primary amides is 1. The van der Waals surface area contributed by atoms with Gasteiger partial charge >= 0.3 is 5.97 Å². The Kier molecular flexibility index (Phi) is 11.4. The van der Waals surface area contributed by atoms with Crippen LogP contribution < -0.4 is 10.5 Å². The van der Waals surface area contributed by atoms with E-state index in [-0.39, 0.29) is 36.2 Å². The number of hydrogen-bond donors (Lipinski definition) is 1. The van der Waals surface area contributed by atoms with E-state index >= 15 is 0 Å². The lowest BCUT2D eigenvalue weighted by Gasteiger charge is -2.32. The third-order valence-corrected chi connectivity index (χ3v) is 9.26. The van der Waals surface area contributed by atoms with E-state index in [0.29, 0.717) is 17.9 Å². The molecule has 2 aliphatic heterocycles. The largest absolute Gasteiger partial charge is 0.496 e. The van der Waals surface area contributed by atoms with E-state index in [0.717, 1.165) is 87.2 Å². The summed E-state index contributed by atoms with van der Waals surface area (Å²) in [5, 5.41) is 0. The van der Waals surface area contributed by atoms with Crippen LogP contribution in [0, 0.1) is 5.92 Å². The standard InChI is InChI=1S/C37H46N4O5/c1-39(37(44)33-13-12-27(24-34(33)45-2)26-41-18-14-29(15-19-41)36(38)43)22-23-40-20-16-31(17-21-40)46-35(42)25-30-10-6-7-11-32(30)28-8-4-3-5-9-28/h3-13,24,29,31H,14-23,25-26H2,1-2H3,(H2,38,43). The summed E-state index contributed by atoms with van der Waals surface area (Å²) in [7, 11) is 3.41. The Labute approximate surface area is 272 Å². The van der Waals surface area contributed by atoms with Crippen molar-refractivity contribution >= 4 is 17.8 Å². The van der Waals surface area contributed by atoms with Crippen molar-refractivity contribution in [2.75, 3.05) is 53.4 Å². The second-order valence-electron chi connectivity index (χ2n) is 12.4. The maximum Gasteiger partial charge on any atom is 0.310 e. The van der Waals surface area contributed by atoms with Crippen molar-refractivity contribution in [3.8, 4) is 16.9 Å². The summed E-state index contributed by atoms with van der Waals surface area (Å²) in [6.45, 7) is 5.34. The Hall–Kier alpha value is -4.21. The number of piperidine rings is 2. The van der Waals surface area contributed by atoms with Gasteiger partial charge in [0.2, 0.25) is 5.91 Å². The topological polar surface area (TPSA) is 105 Å². The first-order chi connectivity index (χ1) is 22.3. The summed E-state index contributed by atoms with van der Waals surface area (Å²) in [6, 6.07) is 23.9. The third-order valence-electron chi connectivity index (χ3n) is 9.26. The first-order valence-corrected chi connectivity index (χ1v) is 16.3. The molecule has 3 aromatic carbocycles. The van der Waals surface area contributed by atoms with Gasteiger partial charge in [-0.2, -0.15) is 0 Å². The van der Waals surface area contributed by atoms with Crippen LogP contribution in [0.25, 0.3) is 11.1 Å². The SMILES string of the molecule is COc1cc(CN2CCC(C(N)=O)CC2)ccc1C(=O)N(C)CCN1CCC(OC(=O)Cc2ccccc2-c2ccccc2)CC1. The van der Waals surface area contributed by atoms with Crippen LogP contribution in [0.5, 0.6) is 5.75 Å². The monoisotopic (exact) mass is 626 g/mol. The highest BCUT2D eigenvalue weighted by molar-refractivity contribution is 5.97. The van der Waals surface area contributed by atoms with Crippen molar-refractivity contribution in [2.24, 2.45) is 11.7 Å². The van der Waals surface area contributed by atoms with Gasteiger partial charge in [0, 0.05) is 45.7 Å². The fraction of sp³-hybridized carbons (Fsp3) is 0.432. The number of esters is 1. The van der Waals surface area contributed by atoms with Crippen molar-refractivity contribution in [3.63, 3.8) is 0 Å². The van der Waals surface area contributed by atoms with E-state index in [9.17, 15) is 14.4 Å². The molecule has 2 fully saturated rings. The third kappa shape index (κ3) is 8.73. The van der Waals surface area contributed by atoms with Crippen molar-refractivity contribution in [1.29, 1.82) is 0 Å². The molecule has 9 heteroatoms. The number of amides is 2. The minimum absolute atomic E-state index is 0.0376. The second kappa shape index (κ2) is 15.9. The summed E-state index contributed by atoms with van der Waals surface area (Å²) >= 11 is 0. The lowest BCUT2D eigenvalue weighted by Crippen LogP contribution is -2.42. The molecule has 3 aromatic rings. The van der Waals surface area contributed by atoms with Gasteiger partial charge in [0.05, 0.1) is 19.1 Å². The zero-order valence-corrected chi connectivity index (χ0v) is 27.0. The molecule has 0 saturated carbocycles. The number of carbonyl (C=O) groups excluding carboxylic acids is 3. The number of rotatable bonds is 12. The Morgan fingerprint density at radius 2 is 1.54 bits per heavy atom. The van der Waals surface area contributed by atoms with E-state index < -0.39 is 0 Å². The van der Waals surface area contributed by atoms with Crippen LogP contribution >= 0.6 is 0 Å². The molecule has 0 radical (unpaired) electrons. The van der Waals surface area contributed by atoms with Crippen LogP contribution in [-0.4, -0.2) is 92.0 Å². The van der Waals surface area contributed by atoms with Crippen LogP contribution in [0.4, 0.5) is 0 Å². The quantitative estimate of drug-likeness (QED) is 0.298. The maximum absolute atomic E-state index is 13.4. The minimum Gasteiger partial charge on any atom is -0.496 e. The van der Waals surface area contributed by atoms with E-state index in [2.05, 4.69) is 21.9 Å². The van der Waals surface area contributed by atoms with Crippen LogP contribution in [0.3, 0.4) is 0 Å². The fourth-order valence-electron chi connectivity index (χ4n) is 6.45. The summed E-state index contributed by atoms with van der Waals surface area (Å²) < 4.78 is 11.5. The van der Waals surface area contributed by atoms with Crippen molar-refractivity contribution < 1.29 is 23.9 Å². The molecular formula is C37H46N4O5. The average Bonchev–Trinajstić information content (AvgIpc) is 3.08. The van der Waals surface area contributed by atoms with Gasteiger partial charge in [0.15, 0.2) is 0 Å². The summed E-state index contributed by atoms with van der Waals surface area (Å²) in [5.41, 5.74) is 10.2. The Morgan fingerprint density at radius 3 is 2.24 bits per heavy atom. The molecule has 0 atom stereocenters. The molecule has 2 saturated heterocycles. The Bertz CT molecular complexity index is 1480. The number of methoxy groups -OCH3 is 1. The van der Waals surface area contributed by atoms with Gasteiger partial charge < -0.3 is 25.0 Å². The summed E-state index contributed by atoms with van der Waals surface area (Å²) in [5.74, 6) is 0.0422.